The normalized spacial score (nSPS) is 14.2. The number of aliphatic hydroxyl groups is 4. The van der Waals surface area contributed by atoms with Crippen LogP contribution in [-0.4, -0.2) is 257 Å². The van der Waals surface area contributed by atoms with Gasteiger partial charge < -0.3 is 100 Å². The molecule has 42 heteroatoms. The van der Waals surface area contributed by atoms with Crippen molar-refractivity contribution in [2.75, 3.05) is 91.0 Å². The summed E-state index contributed by atoms with van der Waals surface area (Å²) in [5, 5.41) is 57.2. The van der Waals surface area contributed by atoms with E-state index in [2.05, 4.69) is 91.4 Å². The van der Waals surface area contributed by atoms with Crippen LogP contribution in [0.2, 0.25) is 0 Å². The van der Waals surface area contributed by atoms with Crippen molar-refractivity contribution < 1.29 is 195 Å². The van der Waals surface area contributed by atoms with E-state index in [1.807, 2.05) is 6.92 Å². The number of rotatable bonds is 43. The number of amides is 3. The van der Waals surface area contributed by atoms with Crippen molar-refractivity contribution in [3.8, 4) is 0 Å². The third-order valence-electron chi connectivity index (χ3n) is 18.3. The number of ether oxygens (including phenoxy) is 9. The average molecular weight is 1900 g/mol. The van der Waals surface area contributed by atoms with E-state index < -0.39 is 100 Å². The van der Waals surface area contributed by atoms with E-state index in [1.54, 1.807) is 34.6 Å². The summed E-state index contributed by atoms with van der Waals surface area (Å²) in [5.41, 5.74) is 4.90. The molecule has 3 aliphatic rings. The predicted octanol–water partition coefficient (Wildman–Crippen LogP) is 4.81. The number of morpholine rings is 2. The number of cyclic esters (lactones) is 3. The largest absolute Gasteiger partial charge is 1.00 e. The van der Waals surface area contributed by atoms with Crippen molar-refractivity contribution in [2.45, 2.75) is 277 Å². The summed E-state index contributed by atoms with van der Waals surface area (Å²) < 4.78 is 43.7. The standard InChI is InChI=1S/C24H40O7.C20H36O6.C8H10O3.C6H14O3.C6H10O2.C5H8ClNO3.2C5H7NO3.C3H7NO2.C2H2Cl2O.CH4.Na.H2O/c1-7-24(8-2,9-3)17-31-23(28)19(6)15-20(25)16-30-21(26)13-11-10-12-14-29-22(27)18(4)5;1-5-20(6-2,7-3)15-26-19(24)16(4)13-17(22)14-25-18(23)11-9-8-10-12-21;1-5(2)7(9)11-8(10)6(3)4;1-2-6(3-7,4-8)5-9;7-6-4-2-1-3-5-8-6;1-3(5(9)10)7-4(8)2-6;2*1-3-5(8)9-2-4(7)6-3;1-2(4)3(5)6;3-1-2(4)5;;;/h19H,4,7-17H2,1-3,5-6H3;16,21H,5-15H2,1-4H3;1,3H2,2,4H3;7-9H,2-5H2,1H3;1-5H2;3H,2H2,1H3,(H,7,8)(H,9,10);2*3H,2H2,1H3,(H,6,7);2H,4H2,1H3,(H,5,6);1H2;1H4;;1H2/q;;;;;;;;;;;+1;. The van der Waals surface area contributed by atoms with Gasteiger partial charge in [-0.1, -0.05) is 95.9 Å². The number of nitrogens with two attached hydrogens (primary N) is 1. The molecule has 3 rings (SSSR count). The third-order valence-corrected chi connectivity index (χ3v) is 19.0. The number of carbonyl (C=O) groups is 18. The molecule has 38 nitrogen and oxygen atoms in total. The Morgan fingerprint density at radius 2 is 0.882 bits per heavy atom. The molecular weight excluding hydrogens is 1750 g/mol. The van der Waals surface area contributed by atoms with Crippen LogP contribution in [0.5, 0.6) is 0 Å². The number of carboxylic acid groups (broad SMARTS) is 2. The van der Waals surface area contributed by atoms with E-state index >= 15 is 0 Å². The second-order valence-corrected chi connectivity index (χ2v) is 29.9. The van der Waals surface area contributed by atoms with Crippen LogP contribution < -0.4 is 51.2 Å². The van der Waals surface area contributed by atoms with Crippen LogP contribution in [0.3, 0.4) is 0 Å². The summed E-state index contributed by atoms with van der Waals surface area (Å²) in [6.45, 7) is 38.6. The number of halogens is 3. The maximum atomic E-state index is 12.2. The quantitative estimate of drug-likeness (QED) is 0.00572. The summed E-state index contributed by atoms with van der Waals surface area (Å²) in [7, 11) is 0. The van der Waals surface area contributed by atoms with Crippen LogP contribution >= 0.6 is 34.8 Å². The number of aliphatic hydroxyl groups excluding tert-OH is 4. The zero-order valence-electron chi connectivity index (χ0n) is 76.8. The first kappa shape index (κ1) is 140. The second-order valence-electron chi connectivity index (χ2n) is 29.0. The van der Waals surface area contributed by atoms with E-state index in [0.717, 1.165) is 64.2 Å². The summed E-state index contributed by atoms with van der Waals surface area (Å²) in [6, 6.07) is -2.56. The van der Waals surface area contributed by atoms with Gasteiger partial charge in [0.25, 0.3) is 11.8 Å². The van der Waals surface area contributed by atoms with Gasteiger partial charge in [-0.15, -0.1) is 23.2 Å². The maximum absolute atomic E-state index is 12.2. The van der Waals surface area contributed by atoms with Gasteiger partial charge in [-0.25, -0.2) is 24.0 Å². The minimum atomic E-state index is -1.07. The fourth-order valence-corrected chi connectivity index (χ4v) is 8.85. The van der Waals surface area contributed by atoms with Crippen molar-refractivity contribution in [2.24, 2.45) is 33.8 Å². The smallest absolute Gasteiger partial charge is 0.480 e. The molecule has 3 aliphatic heterocycles. The van der Waals surface area contributed by atoms with Crippen molar-refractivity contribution in [3.05, 3.63) is 36.5 Å². The first-order valence-corrected chi connectivity index (χ1v) is 42.3. The van der Waals surface area contributed by atoms with Crippen molar-refractivity contribution >= 4 is 141 Å². The predicted molar refractivity (Wildman–Crippen MR) is 468 cm³/mol. The number of aliphatic carboxylic acids is 2. The molecule has 0 radical (unpaired) electrons. The third kappa shape index (κ3) is 78.8. The van der Waals surface area contributed by atoms with Crippen LogP contribution in [0.1, 0.15) is 253 Å². The molecule has 732 valence electrons. The van der Waals surface area contributed by atoms with Gasteiger partial charge >= 0.3 is 101 Å². The Bertz CT molecular complexity index is 3170. The number of hydrogen-bond donors (Lipinski definition) is 10. The molecule has 3 heterocycles. The summed E-state index contributed by atoms with van der Waals surface area (Å²) in [4.78, 5) is 196. The van der Waals surface area contributed by atoms with Crippen molar-refractivity contribution in [1.82, 2.24) is 16.0 Å². The van der Waals surface area contributed by atoms with Crippen LogP contribution in [0, 0.1) is 28.1 Å². The van der Waals surface area contributed by atoms with Crippen molar-refractivity contribution in [3.63, 3.8) is 0 Å². The monoisotopic (exact) mass is 1900 g/mol. The first-order chi connectivity index (χ1) is 57.9. The number of Topliss-reactive ketones (excluding diaryl/α,β-unsaturated/α-hetero) is 2. The summed E-state index contributed by atoms with van der Waals surface area (Å²) in [5.74, 6) is -9.26. The molecule has 6 unspecified atom stereocenters. The number of carbonyl (C=O) groups excluding carboxylic acids is 16. The fourth-order valence-electron chi connectivity index (χ4n) is 8.77. The molecule has 6 atom stereocenters. The van der Waals surface area contributed by atoms with Gasteiger partial charge in [0, 0.05) is 71.7 Å². The zero-order chi connectivity index (χ0) is 97.3. The molecule has 0 bridgehead atoms. The molecule has 3 amide bonds. The Labute approximate surface area is 785 Å². The SMILES string of the molecule is C.C=C(C)C(=O)OC(=O)C(=C)C.C=C(C)C(=O)OCCCCCC(=O)OCC(=O)CC(C)C(=O)OCC(CC)(CC)CC.CC(N)C(=O)O.CC(NC(=O)CCl)C(=O)O.CC1NC(=O)COC1=O.CC1NC(=O)COC1=O.CCC(CC)(CC)COC(=O)C(C)CC(=O)COC(=O)CCCCCO.CCC(CO)(CO)CO.O.O=C(Cl)CCl.O=C1CCCCCO1.[Na+]. The second kappa shape index (κ2) is 84.9. The number of carboxylic acids is 2. The van der Waals surface area contributed by atoms with Gasteiger partial charge in [0.05, 0.1) is 64.0 Å². The Morgan fingerprint density at radius 1 is 0.528 bits per heavy atom. The maximum Gasteiger partial charge on any atom is 1.00 e. The Morgan fingerprint density at radius 3 is 1.16 bits per heavy atom. The first-order valence-electron chi connectivity index (χ1n) is 40.8. The Hall–Kier alpha value is -7.89. The molecule has 0 aromatic carbocycles. The van der Waals surface area contributed by atoms with E-state index in [4.69, 9.17) is 99.6 Å². The molecule has 0 aromatic rings. The van der Waals surface area contributed by atoms with Crippen LogP contribution in [0.25, 0.3) is 0 Å². The van der Waals surface area contributed by atoms with E-state index in [1.165, 1.54) is 27.7 Å². The van der Waals surface area contributed by atoms with Gasteiger partial charge in [0.2, 0.25) is 11.1 Å². The molecule has 0 saturated carbocycles. The minimum absolute atomic E-state index is 0. The minimum Gasteiger partial charge on any atom is -0.480 e. The topological polar surface area (TPSA) is 605 Å². The van der Waals surface area contributed by atoms with Gasteiger partial charge in [-0.05, 0) is 156 Å². The van der Waals surface area contributed by atoms with Gasteiger partial charge in [0.1, 0.15) is 43.3 Å². The van der Waals surface area contributed by atoms with E-state index in [-0.39, 0.29) is 209 Å². The van der Waals surface area contributed by atoms with E-state index in [9.17, 15) is 86.3 Å². The molecule has 0 aromatic heterocycles. The number of esters is 10. The fraction of sp³-hybridized carbons (Fsp3) is 0.718. The van der Waals surface area contributed by atoms with E-state index in [0.29, 0.717) is 70.3 Å². The van der Waals surface area contributed by atoms with Crippen LogP contribution in [0.15, 0.2) is 36.5 Å². The van der Waals surface area contributed by atoms with Crippen molar-refractivity contribution in [1.29, 1.82) is 0 Å². The molecule has 13 N–H and O–H groups in total. The number of nitrogens with one attached hydrogen (secondary N) is 3. The molecular formula is C85H147Cl3N4NaO34+. The molecule has 3 fully saturated rings. The molecule has 127 heavy (non-hydrogen) atoms. The Kier molecular flexibility index (Phi) is 93.3. The van der Waals surface area contributed by atoms with Crippen LogP contribution in [0.4, 0.5) is 0 Å². The molecule has 0 spiro atoms. The van der Waals surface area contributed by atoms with Gasteiger partial charge in [-0.3, -0.25) is 62.3 Å². The van der Waals surface area contributed by atoms with Crippen LogP contribution in [-0.2, 0) is 129 Å². The van der Waals surface area contributed by atoms with Gasteiger partial charge in [-0.2, -0.15) is 0 Å². The number of ketones is 2. The number of alkyl halides is 2. The molecule has 0 aliphatic carbocycles. The average Bonchev–Trinajstić information content (AvgIpc) is 0.887. The number of unbranched alkanes of at least 4 members (excludes halogenated alkanes) is 4. The molecule has 3 saturated heterocycles. The van der Waals surface area contributed by atoms with Gasteiger partial charge in [0.15, 0.2) is 24.8 Å². The summed E-state index contributed by atoms with van der Waals surface area (Å²) in [6.07, 6.45) is 14.4. The summed E-state index contributed by atoms with van der Waals surface area (Å²) >= 11 is 14.6. The zero-order valence-corrected chi connectivity index (χ0v) is 81.0. The number of hydrogen-bond acceptors (Lipinski definition) is 32. The Balaban J connectivity index is -0.000000159.